The molecule has 4 amide bonds. The van der Waals surface area contributed by atoms with Crippen LogP contribution in [0.2, 0.25) is 0 Å². The summed E-state index contributed by atoms with van der Waals surface area (Å²) in [5, 5.41) is 0.855. The molecule has 2 N–H and O–H groups in total. The molecule has 0 saturated heterocycles. The Labute approximate surface area is 286 Å². The van der Waals surface area contributed by atoms with E-state index in [-0.39, 0.29) is 27.8 Å². The molecule has 18 heteroatoms. The van der Waals surface area contributed by atoms with Crippen molar-refractivity contribution in [2.24, 2.45) is 5.73 Å². The first-order chi connectivity index (χ1) is 21.2. The Morgan fingerprint density at radius 2 is 0.956 bits per heavy atom. The normalized spacial score (nSPS) is 11.4. The lowest BCUT2D eigenvalue weighted by atomic mass is 10.0. The summed E-state index contributed by atoms with van der Waals surface area (Å²) < 4.78 is 2.28. The fourth-order valence-corrected chi connectivity index (χ4v) is 7.55. The van der Waals surface area contributed by atoms with Crippen molar-refractivity contribution in [2.75, 3.05) is 13.3 Å². The number of primary amides is 1. The number of aromatic nitrogens is 4. The standard InChI is InChI=1S/C27H27Cl3N8O4S3/c1-11(2)16-25(43-8-32-16)36(28)22(40)15-7-14(21(31)39)19(23(41)37(29)26-17(12(3)4)33-9-44-26)35-20(15)24(42)38(30)27-18(13(5)6)34-10-45-27/h7-13H,1-6H3,(H2,31,39). The van der Waals surface area contributed by atoms with Gasteiger partial charge in [0.15, 0.2) is 0 Å². The van der Waals surface area contributed by atoms with E-state index in [1.54, 1.807) is 0 Å². The molecular formula is C27H27Cl3N8O4S3. The van der Waals surface area contributed by atoms with Crippen molar-refractivity contribution in [2.45, 2.75) is 59.3 Å². The van der Waals surface area contributed by atoms with Crippen LogP contribution in [0.3, 0.4) is 0 Å². The van der Waals surface area contributed by atoms with Gasteiger partial charge in [-0.1, -0.05) is 41.5 Å². The van der Waals surface area contributed by atoms with Gasteiger partial charge in [0.2, 0.25) is 0 Å². The summed E-state index contributed by atoms with van der Waals surface area (Å²) >= 11 is 22.9. The second kappa shape index (κ2) is 14.1. The lowest BCUT2D eigenvalue weighted by molar-refractivity contribution is 0.0954. The summed E-state index contributed by atoms with van der Waals surface area (Å²) in [4.78, 5) is 71.6. The van der Waals surface area contributed by atoms with Gasteiger partial charge in [-0.3, -0.25) is 19.2 Å². The van der Waals surface area contributed by atoms with Crippen LogP contribution in [0.4, 0.5) is 15.0 Å². The van der Waals surface area contributed by atoms with Crippen molar-refractivity contribution in [3.05, 3.63) is 62.2 Å². The van der Waals surface area contributed by atoms with Crippen LogP contribution >= 0.6 is 69.3 Å². The molecule has 4 rings (SSSR count). The van der Waals surface area contributed by atoms with Gasteiger partial charge < -0.3 is 5.73 Å². The molecule has 0 saturated carbocycles. The SMILES string of the molecule is CC(C)c1ncsc1N(Cl)C(=O)c1cc(C(N)=O)c(C(=O)N(Cl)c2scnc2C(C)C)nc1C(=O)N(Cl)c1scnc1C(C)C. The fraction of sp³-hybridized carbons (Fsp3) is 0.333. The van der Waals surface area contributed by atoms with Crippen molar-refractivity contribution in [3.63, 3.8) is 0 Å². The van der Waals surface area contributed by atoms with Crippen LogP contribution in [-0.4, -0.2) is 43.6 Å². The van der Waals surface area contributed by atoms with Gasteiger partial charge in [-0.15, -0.1) is 34.0 Å². The van der Waals surface area contributed by atoms with Crippen LogP contribution in [0.1, 0.15) is 118 Å². The maximum Gasteiger partial charge on any atom is 0.293 e. The van der Waals surface area contributed by atoms with Crippen LogP contribution in [0.15, 0.2) is 22.6 Å². The van der Waals surface area contributed by atoms with Gasteiger partial charge >= 0.3 is 0 Å². The van der Waals surface area contributed by atoms with Crippen LogP contribution in [0.5, 0.6) is 0 Å². The van der Waals surface area contributed by atoms with Crippen LogP contribution < -0.4 is 19.0 Å². The van der Waals surface area contributed by atoms with E-state index in [1.807, 2.05) is 41.5 Å². The molecular weight excluding hydrogens is 703 g/mol. The molecule has 0 aromatic carbocycles. The van der Waals surface area contributed by atoms with Crippen molar-refractivity contribution in [1.29, 1.82) is 0 Å². The Hall–Kier alpha value is -3.21. The maximum absolute atomic E-state index is 14.0. The quantitative estimate of drug-likeness (QED) is 0.167. The van der Waals surface area contributed by atoms with Crippen LogP contribution in [0, 0.1) is 0 Å². The molecule has 4 heterocycles. The number of thiazole rings is 3. The highest BCUT2D eigenvalue weighted by Gasteiger charge is 2.35. The molecule has 0 unspecified atom stereocenters. The zero-order chi connectivity index (χ0) is 33.3. The maximum atomic E-state index is 14.0. The van der Waals surface area contributed by atoms with E-state index >= 15 is 0 Å². The molecule has 45 heavy (non-hydrogen) atoms. The first kappa shape index (κ1) is 34.7. The van der Waals surface area contributed by atoms with E-state index in [0.717, 1.165) is 53.3 Å². The summed E-state index contributed by atoms with van der Waals surface area (Å²) in [6.07, 6.45) is 0. The molecule has 0 aliphatic carbocycles. The Kier molecular flexibility index (Phi) is 10.8. The number of carbonyl (C=O) groups excluding carboxylic acids is 4. The minimum absolute atomic E-state index is 0.0995. The smallest absolute Gasteiger partial charge is 0.293 e. The number of anilines is 3. The molecule has 0 fully saturated rings. The minimum atomic E-state index is -1.11. The molecule has 0 radical (unpaired) electrons. The van der Waals surface area contributed by atoms with E-state index in [4.69, 9.17) is 41.1 Å². The fourth-order valence-electron chi connectivity index (χ4n) is 4.13. The third kappa shape index (κ3) is 6.83. The van der Waals surface area contributed by atoms with Crippen molar-refractivity contribution >= 4 is 108 Å². The summed E-state index contributed by atoms with van der Waals surface area (Å²) in [5.74, 6) is -4.33. The third-order valence-electron chi connectivity index (χ3n) is 6.36. The van der Waals surface area contributed by atoms with Gasteiger partial charge in [-0.05, 0) is 23.8 Å². The predicted octanol–water partition coefficient (Wildman–Crippen LogP) is 7.32. The first-order valence-electron chi connectivity index (χ1n) is 13.3. The second-order valence-electron chi connectivity index (χ2n) is 10.5. The summed E-state index contributed by atoms with van der Waals surface area (Å²) in [6, 6.07) is 0.991. The van der Waals surface area contributed by atoms with Crippen LogP contribution in [0.25, 0.3) is 0 Å². The van der Waals surface area contributed by atoms with Gasteiger partial charge in [0.1, 0.15) is 26.4 Å². The zero-order valence-electron chi connectivity index (χ0n) is 24.7. The van der Waals surface area contributed by atoms with E-state index in [2.05, 4.69) is 19.9 Å². The molecule has 0 aliphatic rings. The lowest BCUT2D eigenvalue weighted by Gasteiger charge is -2.21. The van der Waals surface area contributed by atoms with Gasteiger partial charge in [0.05, 0.1) is 44.7 Å². The molecule has 12 nitrogen and oxygen atoms in total. The largest absolute Gasteiger partial charge is 0.366 e. The van der Waals surface area contributed by atoms with Crippen molar-refractivity contribution in [3.8, 4) is 0 Å². The number of hydrogen-bond acceptors (Lipinski definition) is 11. The Morgan fingerprint density at radius 3 is 1.29 bits per heavy atom. The number of nitrogens with two attached hydrogens (primary N) is 1. The highest BCUT2D eigenvalue weighted by molar-refractivity contribution is 7.15. The molecule has 4 aromatic rings. The molecule has 0 aliphatic heterocycles. The average Bonchev–Trinajstić information content (AvgIpc) is 3.78. The first-order valence-corrected chi connectivity index (χ1v) is 17.0. The Balaban J connectivity index is 1.92. The number of carbonyl (C=O) groups is 4. The van der Waals surface area contributed by atoms with E-state index in [1.165, 1.54) is 16.5 Å². The molecule has 0 atom stereocenters. The number of halogens is 3. The molecule has 4 aromatic heterocycles. The zero-order valence-corrected chi connectivity index (χ0v) is 29.5. The molecule has 0 spiro atoms. The summed E-state index contributed by atoms with van der Waals surface area (Å²) in [5.41, 5.74) is 9.72. The summed E-state index contributed by atoms with van der Waals surface area (Å²) in [7, 11) is 0. The van der Waals surface area contributed by atoms with E-state index < -0.39 is 46.1 Å². The van der Waals surface area contributed by atoms with Crippen LogP contribution in [-0.2, 0) is 0 Å². The number of rotatable bonds is 10. The highest BCUT2D eigenvalue weighted by atomic mass is 35.5. The molecule has 238 valence electrons. The van der Waals surface area contributed by atoms with E-state index in [9.17, 15) is 19.2 Å². The number of hydrogen-bond donors (Lipinski definition) is 1. The van der Waals surface area contributed by atoms with Gasteiger partial charge in [0.25, 0.3) is 23.6 Å². The van der Waals surface area contributed by atoms with Gasteiger partial charge in [-0.2, -0.15) is 0 Å². The number of nitrogens with zero attached hydrogens (tertiary/aromatic N) is 7. The monoisotopic (exact) mass is 728 g/mol. The number of pyridine rings is 1. The van der Waals surface area contributed by atoms with Crippen molar-refractivity contribution < 1.29 is 19.2 Å². The molecule has 0 bridgehead atoms. The van der Waals surface area contributed by atoms with Crippen molar-refractivity contribution in [1.82, 2.24) is 19.9 Å². The number of amides is 4. The van der Waals surface area contributed by atoms with E-state index in [0.29, 0.717) is 22.1 Å². The highest BCUT2D eigenvalue weighted by Crippen LogP contribution is 2.37. The Bertz CT molecular complexity index is 1770. The second-order valence-corrected chi connectivity index (χ2v) is 14.0. The average molecular weight is 730 g/mol. The third-order valence-corrected chi connectivity index (χ3v) is 10.1. The Morgan fingerprint density at radius 1 is 0.622 bits per heavy atom. The topological polar surface area (TPSA) is 156 Å². The minimum Gasteiger partial charge on any atom is -0.366 e. The summed E-state index contributed by atoms with van der Waals surface area (Å²) in [6.45, 7) is 11.2. The van der Waals surface area contributed by atoms with Gasteiger partial charge in [0, 0.05) is 35.3 Å². The lowest BCUT2D eigenvalue weighted by Crippen LogP contribution is -2.33. The van der Waals surface area contributed by atoms with Gasteiger partial charge in [-0.25, -0.2) is 33.2 Å². The predicted molar refractivity (Wildman–Crippen MR) is 179 cm³/mol.